The fourth-order valence-electron chi connectivity index (χ4n) is 2.15. The Morgan fingerprint density at radius 3 is 2.63 bits per heavy atom. The highest BCUT2D eigenvalue weighted by Gasteiger charge is 2.07. The van der Waals surface area contributed by atoms with Gasteiger partial charge in [-0.05, 0) is 35.2 Å². The van der Waals surface area contributed by atoms with Crippen LogP contribution in [0.1, 0.15) is 5.56 Å². The lowest BCUT2D eigenvalue weighted by atomic mass is 10.2. The zero-order valence-corrected chi connectivity index (χ0v) is 12.2. The predicted molar refractivity (Wildman–Crippen MR) is 82.5 cm³/mol. The van der Waals surface area contributed by atoms with Gasteiger partial charge in [0, 0.05) is 23.3 Å². The van der Waals surface area contributed by atoms with E-state index in [9.17, 15) is 0 Å². The average molecular weight is 311 g/mol. The molecule has 0 unspecified atom stereocenters. The van der Waals surface area contributed by atoms with Crippen molar-refractivity contribution in [1.82, 2.24) is 4.57 Å². The molecule has 0 radical (unpaired) electrons. The molecule has 0 atom stereocenters. The summed E-state index contributed by atoms with van der Waals surface area (Å²) in [4.78, 5) is 0. The van der Waals surface area contributed by atoms with Crippen molar-refractivity contribution < 1.29 is 0 Å². The van der Waals surface area contributed by atoms with E-state index < -0.39 is 0 Å². The van der Waals surface area contributed by atoms with Gasteiger partial charge in [0.15, 0.2) is 0 Å². The molecule has 0 N–H and O–H groups in total. The van der Waals surface area contributed by atoms with Crippen LogP contribution in [-0.2, 0) is 6.54 Å². The molecule has 2 aromatic carbocycles. The molecule has 3 aromatic rings. The van der Waals surface area contributed by atoms with Crippen LogP contribution < -0.4 is 0 Å². The Balaban J connectivity index is 2.06. The molecule has 96 valence electrons. The zero-order valence-electron chi connectivity index (χ0n) is 9.91. The van der Waals surface area contributed by atoms with Gasteiger partial charge in [-0.3, -0.25) is 0 Å². The van der Waals surface area contributed by atoms with Gasteiger partial charge in [0.1, 0.15) is 0 Å². The molecule has 1 aromatic heterocycles. The SMILES string of the molecule is Clc1ccc2ccn(Cc3cccc(Cl)c3Cl)c2c1. The number of hydrogen-bond acceptors (Lipinski definition) is 0. The van der Waals surface area contributed by atoms with Gasteiger partial charge in [0.25, 0.3) is 0 Å². The summed E-state index contributed by atoms with van der Waals surface area (Å²) in [6, 6.07) is 13.6. The maximum Gasteiger partial charge on any atom is 0.0642 e. The van der Waals surface area contributed by atoms with E-state index >= 15 is 0 Å². The molecule has 0 saturated carbocycles. The minimum atomic E-state index is 0.577. The number of rotatable bonds is 2. The van der Waals surface area contributed by atoms with Crippen LogP contribution in [0, 0.1) is 0 Å². The standard InChI is InChI=1S/C15H10Cl3N/c16-12-5-4-10-6-7-19(14(10)8-12)9-11-2-1-3-13(17)15(11)18/h1-8H,9H2. The Morgan fingerprint density at radius 2 is 1.79 bits per heavy atom. The average Bonchev–Trinajstić information content (AvgIpc) is 2.78. The summed E-state index contributed by atoms with van der Waals surface area (Å²) in [6.07, 6.45) is 2.03. The monoisotopic (exact) mass is 309 g/mol. The van der Waals surface area contributed by atoms with Gasteiger partial charge in [0.05, 0.1) is 10.0 Å². The molecule has 0 aliphatic carbocycles. The van der Waals surface area contributed by atoms with Crippen LogP contribution >= 0.6 is 34.8 Å². The second-order valence-electron chi connectivity index (χ2n) is 4.36. The van der Waals surface area contributed by atoms with Crippen LogP contribution in [0.3, 0.4) is 0 Å². The normalized spacial score (nSPS) is 11.1. The summed E-state index contributed by atoms with van der Waals surface area (Å²) in [6.45, 7) is 0.670. The zero-order chi connectivity index (χ0) is 13.4. The highest BCUT2D eigenvalue weighted by atomic mass is 35.5. The van der Waals surface area contributed by atoms with E-state index in [0.29, 0.717) is 16.6 Å². The van der Waals surface area contributed by atoms with Crippen molar-refractivity contribution in [2.45, 2.75) is 6.54 Å². The Morgan fingerprint density at radius 1 is 0.947 bits per heavy atom. The second kappa shape index (κ2) is 5.09. The Bertz CT molecular complexity index is 746. The van der Waals surface area contributed by atoms with E-state index in [0.717, 1.165) is 21.5 Å². The minimum absolute atomic E-state index is 0.577. The molecular formula is C15H10Cl3N. The van der Waals surface area contributed by atoms with Crippen LogP contribution in [0.25, 0.3) is 10.9 Å². The van der Waals surface area contributed by atoms with Crippen molar-refractivity contribution in [2.24, 2.45) is 0 Å². The number of nitrogens with zero attached hydrogens (tertiary/aromatic N) is 1. The Hall–Kier alpha value is -1.15. The second-order valence-corrected chi connectivity index (χ2v) is 5.58. The largest absolute Gasteiger partial charge is 0.343 e. The van der Waals surface area contributed by atoms with Gasteiger partial charge in [-0.2, -0.15) is 0 Å². The van der Waals surface area contributed by atoms with Crippen LogP contribution in [0.4, 0.5) is 0 Å². The first-order valence-corrected chi connectivity index (χ1v) is 6.96. The van der Waals surface area contributed by atoms with Gasteiger partial charge in [0.2, 0.25) is 0 Å². The smallest absolute Gasteiger partial charge is 0.0642 e. The van der Waals surface area contributed by atoms with E-state index in [-0.39, 0.29) is 0 Å². The quantitative estimate of drug-likeness (QED) is 0.576. The van der Waals surface area contributed by atoms with Crippen LogP contribution in [-0.4, -0.2) is 4.57 Å². The lowest BCUT2D eigenvalue weighted by Gasteiger charge is -2.08. The Kier molecular flexibility index (Phi) is 3.44. The first kappa shape index (κ1) is 12.9. The third kappa shape index (κ3) is 2.46. The fraction of sp³-hybridized carbons (Fsp3) is 0.0667. The van der Waals surface area contributed by atoms with Gasteiger partial charge in [-0.25, -0.2) is 0 Å². The number of benzene rings is 2. The van der Waals surface area contributed by atoms with Crippen molar-refractivity contribution in [3.8, 4) is 0 Å². The molecule has 0 fully saturated rings. The molecule has 4 heteroatoms. The first-order valence-electron chi connectivity index (χ1n) is 5.82. The van der Waals surface area contributed by atoms with Crippen LogP contribution in [0.5, 0.6) is 0 Å². The van der Waals surface area contributed by atoms with Crippen molar-refractivity contribution in [1.29, 1.82) is 0 Å². The molecular weight excluding hydrogens is 301 g/mol. The van der Waals surface area contributed by atoms with E-state index in [2.05, 4.69) is 10.6 Å². The molecule has 1 heterocycles. The molecule has 0 aliphatic heterocycles. The highest BCUT2D eigenvalue weighted by Crippen LogP contribution is 2.28. The van der Waals surface area contributed by atoms with Gasteiger partial charge >= 0.3 is 0 Å². The summed E-state index contributed by atoms with van der Waals surface area (Å²) in [7, 11) is 0. The summed E-state index contributed by atoms with van der Waals surface area (Å²) in [5.74, 6) is 0. The van der Waals surface area contributed by atoms with Crippen LogP contribution in [0.2, 0.25) is 15.1 Å². The maximum absolute atomic E-state index is 6.22. The van der Waals surface area contributed by atoms with Crippen molar-refractivity contribution in [2.75, 3.05) is 0 Å². The fourth-order valence-corrected chi connectivity index (χ4v) is 2.70. The van der Waals surface area contributed by atoms with E-state index in [1.54, 1.807) is 6.07 Å². The molecule has 0 spiro atoms. The molecule has 19 heavy (non-hydrogen) atoms. The van der Waals surface area contributed by atoms with E-state index in [4.69, 9.17) is 34.8 Å². The summed E-state index contributed by atoms with van der Waals surface area (Å²) in [5, 5.41) is 3.06. The first-order chi connectivity index (χ1) is 9.15. The summed E-state index contributed by atoms with van der Waals surface area (Å²) < 4.78 is 2.11. The highest BCUT2D eigenvalue weighted by molar-refractivity contribution is 6.42. The number of aromatic nitrogens is 1. The van der Waals surface area contributed by atoms with Gasteiger partial charge in [-0.1, -0.05) is 53.0 Å². The van der Waals surface area contributed by atoms with Gasteiger partial charge in [-0.15, -0.1) is 0 Å². The van der Waals surface area contributed by atoms with E-state index in [1.807, 2.05) is 36.5 Å². The summed E-state index contributed by atoms with van der Waals surface area (Å²) in [5.41, 5.74) is 2.08. The molecule has 0 aliphatic rings. The number of hydrogen-bond donors (Lipinski definition) is 0. The molecule has 0 amide bonds. The van der Waals surface area contributed by atoms with E-state index in [1.165, 1.54) is 0 Å². The lowest BCUT2D eigenvalue weighted by molar-refractivity contribution is 0.837. The number of fused-ring (bicyclic) bond motifs is 1. The molecule has 0 bridgehead atoms. The maximum atomic E-state index is 6.22. The van der Waals surface area contributed by atoms with Crippen molar-refractivity contribution in [3.05, 3.63) is 69.3 Å². The molecule has 1 nitrogen and oxygen atoms in total. The lowest BCUT2D eigenvalue weighted by Crippen LogP contribution is -1.98. The predicted octanol–water partition coefficient (Wildman–Crippen LogP) is 5.65. The number of halogens is 3. The molecule has 3 rings (SSSR count). The van der Waals surface area contributed by atoms with Crippen LogP contribution in [0.15, 0.2) is 48.7 Å². The Labute approximate surface area is 126 Å². The van der Waals surface area contributed by atoms with Crippen molar-refractivity contribution >= 4 is 45.7 Å². The third-order valence-electron chi connectivity index (χ3n) is 3.11. The molecule has 0 saturated heterocycles. The van der Waals surface area contributed by atoms with Crippen molar-refractivity contribution in [3.63, 3.8) is 0 Å². The summed E-state index contributed by atoms with van der Waals surface area (Å²) >= 11 is 18.3. The van der Waals surface area contributed by atoms with Gasteiger partial charge < -0.3 is 4.57 Å². The topological polar surface area (TPSA) is 4.93 Å². The minimum Gasteiger partial charge on any atom is -0.343 e. The third-order valence-corrected chi connectivity index (χ3v) is 4.20.